The van der Waals surface area contributed by atoms with Crippen LogP contribution in [0.2, 0.25) is 0 Å². The Morgan fingerprint density at radius 1 is 1.92 bits per heavy atom. The molecule has 1 rings (SSSR count). The van der Waals surface area contributed by atoms with Gasteiger partial charge in [-0.3, -0.25) is 4.90 Å². The van der Waals surface area contributed by atoms with Gasteiger partial charge in [0.25, 0.3) is 0 Å². The summed E-state index contributed by atoms with van der Waals surface area (Å²) >= 11 is 0. The Morgan fingerprint density at radius 3 is 3.08 bits per heavy atom. The highest BCUT2D eigenvalue weighted by molar-refractivity contribution is 5.89. The fourth-order valence-electron chi connectivity index (χ4n) is 0.771. The number of carbonyl (C=O) groups is 1. The van der Waals surface area contributed by atoms with Crippen molar-refractivity contribution in [3.8, 4) is 0 Å². The van der Waals surface area contributed by atoms with Crippen molar-refractivity contribution in [3.05, 3.63) is 25.0 Å². The minimum Gasteiger partial charge on any atom is -0.363 e. The number of hydrogen-bond acceptors (Lipinski definition) is 3. The number of aromatic nitrogens is 1. The van der Waals surface area contributed by atoms with Gasteiger partial charge in [0, 0.05) is 12.6 Å². The van der Waals surface area contributed by atoms with Crippen LogP contribution in [0.3, 0.4) is 0 Å². The highest BCUT2D eigenvalue weighted by Crippen LogP contribution is 2.08. The summed E-state index contributed by atoms with van der Waals surface area (Å²) in [6.07, 6.45) is 2.92. The molecule has 1 heterocycles. The zero-order valence-electron chi connectivity index (χ0n) is 6.43. The average molecular weight is 167 g/mol. The molecule has 2 amide bonds. The van der Waals surface area contributed by atoms with Crippen LogP contribution in [0.1, 0.15) is 0 Å². The lowest BCUT2D eigenvalue weighted by molar-refractivity contribution is 0.254. The Kier molecular flexibility index (Phi) is 2.47. The first kappa shape index (κ1) is 8.32. The summed E-state index contributed by atoms with van der Waals surface area (Å²) in [4.78, 5) is 12.1. The van der Waals surface area contributed by atoms with Crippen LogP contribution in [-0.4, -0.2) is 17.7 Å². The van der Waals surface area contributed by atoms with Crippen molar-refractivity contribution < 1.29 is 9.32 Å². The number of urea groups is 1. The monoisotopic (exact) mass is 167 g/mol. The first-order valence-electron chi connectivity index (χ1n) is 3.34. The summed E-state index contributed by atoms with van der Waals surface area (Å²) in [7, 11) is 0. The van der Waals surface area contributed by atoms with E-state index in [4.69, 9.17) is 5.73 Å². The molecule has 64 valence electrons. The second kappa shape index (κ2) is 3.56. The highest BCUT2D eigenvalue weighted by Gasteiger charge is 2.12. The fourth-order valence-corrected chi connectivity index (χ4v) is 0.771. The van der Waals surface area contributed by atoms with E-state index in [2.05, 4.69) is 16.3 Å². The van der Waals surface area contributed by atoms with Gasteiger partial charge in [-0.15, -0.1) is 6.58 Å². The van der Waals surface area contributed by atoms with Crippen molar-refractivity contribution in [1.82, 2.24) is 5.16 Å². The second-order valence-corrected chi connectivity index (χ2v) is 2.10. The smallest absolute Gasteiger partial charge is 0.320 e. The Hall–Kier alpha value is -1.78. The predicted molar refractivity (Wildman–Crippen MR) is 43.6 cm³/mol. The lowest BCUT2D eigenvalue weighted by Crippen LogP contribution is -2.35. The molecule has 5 nitrogen and oxygen atoms in total. The zero-order chi connectivity index (χ0) is 8.97. The fraction of sp³-hybridized carbons (Fsp3) is 0.143. The van der Waals surface area contributed by atoms with Crippen LogP contribution in [0.25, 0.3) is 0 Å². The van der Waals surface area contributed by atoms with Crippen LogP contribution in [0.15, 0.2) is 29.5 Å². The molecular formula is C7H9N3O2. The Balaban J connectivity index is 2.80. The van der Waals surface area contributed by atoms with Gasteiger partial charge in [-0.1, -0.05) is 11.2 Å². The van der Waals surface area contributed by atoms with Gasteiger partial charge in [0.15, 0.2) is 5.82 Å². The third-order valence-electron chi connectivity index (χ3n) is 1.28. The molecule has 1 aromatic heterocycles. The van der Waals surface area contributed by atoms with Gasteiger partial charge in [-0.05, 0) is 0 Å². The molecule has 5 heteroatoms. The topological polar surface area (TPSA) is 72.4 Å². The molecule has 0 fully saturated rings. The van der Waals surface area contributed by atoms with E-state index in [0.29, 0.717) is 12.4 Å². The van der Waals surface area contributed by atoms with Crippen molar-refractivity contribution in [2.45, 2.75) is 0 Å². The van der Waals surface area contributed by atoms with E-state index >= 15 is 0 Å². The van der Waals surface area contributed by atoms with Gasteiger partial charge in [0.2, 0.25) is 0 Å². The number of nitrogens with zero attached hydrogens (tertiary/aromatic N) is 2. The first-order valence-corrected chi connectivity index (χ1v) is 3.34. The van der Waals surface area contributed by atoms with Gasteiger partial charge in [0.05, 0.1) is 0 Å². The normalized spacial score (nSPS) is 9.33. The molecule has 12 heavy (non-hydrogen) atoms. The molecule has 0 bridgehead atoms. The van der Waals surface area contributed by atoms with Gasteiger partial charge in [-0.2, -0.15) is 0 Å². The summed E-state index contributed by atoms with van der Waals surface area (Å²) < 4.78 is 4.56. The number of primary amides is 1. The summed E-state index contributed by atoms with van der Waals surface area (Å²) in [5.74, 6) is 0.391. The average Bonchev–Trinajstić information content (AvgIpc) is 2.51. The maximum absolute atomic E-state index is 10.8. The quantitative estimate of drug-likeness (QED) is 0.675. The van der Waals surface area contributed by atoms with Crippen LogP contribution in [0.4, 0.5) is 10.6 Å². The minimum atomic E-state index is -0.580. The van der Waals surface area contributed by atoms with Gasteiger partial charge < -0.3 is 10.3 Å². The number of carbonyl (C=O) groups excluding carboxylic acids is 1. The Morgan fingerprint density at radius 2 is 2.67 bits per heavy atom. The predicted octanol–water partition coefficient (Wildman–Crippen LogP) is 0.746. The van der Waals surface area contributed by atoms with E-state index < -0.39 is 6.03 Å². The van der Waals surface area contributed by atoms with Crippen molar-refractivity contribution in [1.29, 1.82) is 0 Å². The molecule has 2 N–H and O–H groups in total. The van der Waals surface area contributed by atoms with Crippen LogP contribution >= 0.6 is 0 Å². The molecule has 1 aromatic rings. The Labute approximate surface area is 69.4 Å². The summed E-state index contributed by atoms with van der Waals surface area (Å²) in [5.41, 5.74) is 5.07. The number of hydrogen-bond donors (Lipinski definition) is 1. The molecule has 0 aliphatic heterocycles. The minimum absolute atomic E-state index is 0.321. The number of amides is 2. The summed E-state index contributed by atoms with van der Waals surface area (Å²) in [6.45, 7) is 3.81. The van der Waals surface area contributed by atoms with Crippen molar-refractivity contribution >= 4 is 11.8 Å². The molecule has 0 aromatic carbocycles. The third-order valence-corrected chi connectivity index (χ3v) is 1.28. The highest BCUT2D eigenvalue weighted by atomic mass is 16.5. The van der Waals surface area contributed by atoms with E-state index in [-0.39, 0.29) is 0 Å². The number of nitrogens with two attached hydrogens (primary N) is 1. The third kappa shape index (κ3) is 1.63. The van der Waals surface area contributed by atoms with E-state index in [0.717, 1.165) is 0 Å². The van der Waals surface area contributed by atoms with Crippen LogP contribution in [0, 0.1) is 0 Å². The number of anilines is 1. The van der Waals surface area contributed by atoms with Crippen LogP contribution in [-0.2, 0) is 0 Å². The van der Waals surface area contributed by atoms with E-state index in [1.807, 2.05) is 0 Å². The molecule has 0 atom stereocenters. The SMILES string of the molecule is C=CCN(C(N)=O)c1ccon1. The standard InChI is InChI=1S/C7H9N3O2/c1-2-4-10(7(8)11)6-3-5-12-9-6/h2-3,5H,1,4H2,(H2,8,11). The maximum atomic E-state index is 10.8. The maximum Gasteiger partial charge on any atom is 0.320 e. The van der Waals surface area contributed by atoms with Crippen molar-refractivity contribution in [2.75, 3.05) is 11.4 Å². The van der Waals surface area contributed by atoms with Crippen molar-refractivity contribution in [3.63, 3.8) is 0 Å². The molecule has 0 radical (unpaired) electrons. The van der Waals surface area contributed by atoms with Gasteiger partial charge in [0.1, 0.15) is 6.26 Å². The van der Waals surface area contributed by atoms with E-state index in [1.165, 1.54) is 11.2 Å². The first-order chi connectivity index (χ1) is 5.75. The molecule has 0 saturated heterocycles. The van der Waals surface area contributed by atoms with Crippen LogP contribution in [0.5, 0.6) is 0 Å². The van der Waals surface area contributed by atoms with Gasteiger partial charge >= 0.3 is 6.03 Å². The van der Waals surface area contributed by atoms with E-state index in [9.17, 15) is 4.79 Å². The Bertz CT molecular complexity index is 268. The molecule has 0 saturated carbocycles. The molecule has 0 aliphatic rings. The molecular weight excluding hydrogens is 158 g/mol. The molecule has 0 spiro atoms. The largest absolute Gasteiger partial charge is 0.363 e. The number of rotatable bonds is 3. The molecule has 0 unspecified atom stereocenters. The van der Waals surface area contributed by atoms with Gasteiger partial charge in [-0.25, -0.2) is 4.79 Å². The second-order valence-electron chi connectivity index (χ2n) is 2.10. The molecule has 0 aliphatic carbocycles. The van der Waals surface area contributed by atoms with Crippen LogP contribution < -0.4 is 10.6 Å². The van der Waals surface area contributed by atoms with E-state index in [1.54, 1.807) is 12.1 Å². The lowest BCUT2D eigenvalue weighted by Gasteiger charge is -2.13. The summed E-state index contributed by atoms with van der Waals surface area (Å²) in [5, 5.41) is 3.56. The zero-order valence-corrected chi connectivity index (χ0v) is 6.43. The summed E-state index contributed by atoms with van der Waals surface area (Å²) in [6, 6.07) is 0.970. The lowest BCUT2D eigenvalue weighted by atomic mass is 10.5. The van der Waals surface area contributed by atoms with Crippen molar-refractivity contribution in [2.24, 2.45) is 5.73 Å².